The third kappa shape index (κ3) is 1.68. The lowest BCUT2D eigenvalue weighted by molar-refractivity contribution is 0.0963. The van der Waals surface area contributed by atoms with Gasteiger partial charge >= 0.3 is 0 Å². The zero-order valence-electron chi connectivity index (χ0n) is 6.60. The van der Waals surface area contributed by atoms with Crippen LogP contribution < -0.4 is 11.1 Å². The molecule has 0 heterocycles. The number of nitrogens with one attached hydrogen (secondary N) is 1. The summed E-state index contributed by atoms with van der Waals surface area (Å²) in [6.45, 7) is 0. The molecule has 0 atom stereocenters. The Morgan fingerprint density at radius 1 is 1.58 bits per heavy atom. The molecule has 0 bridgehead atoms. The van der Waals surface area contributed by atoms with E-state index in [9.17, 15) is 4.79 Å². The quantitative estimate of drug-likeness (QED) is 0.646. The Bertz CT molecular complexity index is 312. The average Bonchev–Trinajstić information content (AvgIpc) is 2.08. The zero-order valence-corrected chi connectivity index (χ0v) is 7.35. The summed E-state index contributed by atoms with van der Waals surface area (Å²) in [5, 5.41) is 2.89. The van der Waals surface area contributed by atoms with E-state index >= 15 is 0 Å². The maximum atomic E-state index is 11.1. The number of anilines is 1. The number of hydrogen-bond donors (Lipinski definition) is 2. The van der Waals surface area contributed by atoms with Crippen LogP contribution in [-0.2, 0) is 0 Å². The number of halogens is 1. The van der Waals surface area contributed by atoms with E-state index in [1.807, 2.05) is 0 Å². The smallest absolute Gasteiger partial charge is 0.251 e. The van der Waals surface area contributed by atoms with Gasteiger partial charge in [-0.25, -0.2) is 0 Å². The van der Waals surface area contributed by atoms with E-state index in [2.05, 4.69) is 5.32 Å². The number of nitrogen functional groups attached to an aromatic ring is 1. The van der Waals surface area contributed by atoms with Crippen molar-refractivity contribution in [1.29, 1.82) is 0 Å². The summed E-state index contributed by atoms with van der Waals surface area (Å²) >= 11 is 5.71. The van der Waals surface area contributed by atoms with Crippen molar-refractivity contribution in [2.24, 2.45) is 0 Å². The molecule has 64 valence electrons. The average molecular weight is 185 g/mol. The second kappa shape index (κ2) is 3.45. The summed E-state index contributed by atoms with van der Waals surface area (Å²) in [7, 11) is 1.56. The maximum Gasteiger partial charge on any atom is 0.251 e. The number of nitrogens with two attached hydrogens (primary N) is 1. The highest BCUT2D eigenvalue weighted by Gasteiger charge is 2.04. The Morgan fingerprint density at radius 2 is 2.25 bits per heavy atom. The molecule has 1 aromatic rings. The number of hydrogen-bond acceptors (Lipinski definition) is 2. The molecule has 0 aliphatic heterocycles. The summed E-state index contributed by atoms with van der Waals surface area (Å²) in [6, 6.07) is 4.77. The van der Waals surface area contributed by atoms with E-state index in [0.29, 0.717) is 16.3 Å². The van der Waals surface area contributed by atoms with E-state index in [-0.39, 0.29) is 5.91 Å². The molecule has 3 nitrogen and oxygen atoms in total. The Kier molecular flexibility index (Phi) is 2.55. The third-order valence-corrected chi connectivity index (χ3v) is 1.82. The third-order valence-electron chi connectivity index (χ3n) is 1.49. The predicted octanol–water partition coefficient (Wildman–Crippen LogP) is 1.28. The van der Waals surface area contributed by atoms with Gasteiger partial charge in [-0.05, 0) is 18.2 Å². The van der Waals surface area contributed by atoms with Crippen molar-refractivity contribution in [3.05, 3.63) is 28.8 Å². The summed E-state index contributed by atoms with van der Waals surface area (Å²) in [6.07, 6.45) is 0. The van der Waals surface area contributed by atoms with Gasteiger partial charge < -0.3 is 11.1 Å². The number of rotatable bonds is 1. The number of amides is 1. The molecule has 0 saturated heterocycles. The van der Waals surface area contributed by atoms with Crippen LogP contribution in [0.1, 0.15) is 10.4 Å². The molecule has 0 saturated carbocycles. The number of carbonyl (C=O) groups is 1. The SMILES string of the molecule is CNC(=O)c1ccc(N)c(Cl)c1. The standard InChI is InChI=1S/C8H9ClN2O/c1-11-8(12)5-2-3-7(10)6(9)4-5/h2-4H,10H2,1H3,(H,11,12). The molecule has 0 fully saturated rings. The van der Waals surface area contributed by atoms with Gasteiger partial charge in [0.05, 0.1) is 10.7 Å². The van der Waals surface area contributed by atoms with Crippen molar-refractivity contribution >= 4 is 23.2 Å². The van der Waals surface area contributed by atoms with Crippen molar-refractivity contribution < 1.29 is 4.79 Å². The van der Waals surface area contributed by atoms with Gasteiger partial charge in [0.2, 0.25) is 0 Å². The molecule has 0 unspecified atom stereocenters. The van der Waals surface area contributed by atoms with E-state index in [1.165, 1.54) is 6.07 Å². The monoisotopic (exact) mass is 184 g/mol. The first-order chi connectivity index (χ1) is 5.65. The van der Waals surface area contributed by atoms with E-state index in [0.717, 1.165) is 0 Å². The molecule has 1 rings (SSSR count). The van der Waals surface area contributed by atoms with Crippen LogP contribution >= 0.6 is 11.6 Å². The molecule has 0 radical (unpaired) electrons. The molecular formula is C8H9ClN2O. The van der Waals surface area contributed by atoms with Crippen molar-refractivity contribution in [1.82, 2.24) is 5.32 Å². The van der Waals surface area contributed by atoms with E-state index in [4.69, 9.17) is 17.3 Å². The zero-order chi connectivity index (χ0) is 9.14. The molecule has 0 aromatic heterocycles. The largest absolute Gasteiger partial charge is 0.398 e. The Hall–Kier alpha value is -1.22. The van der Waals surface area contributed by atoms with Crippen LogP contribution in [0.5, 0.6) is 0 Å². The molecule has 0 spiro atoms. The van der Waals surface area contributed by atoms with Gasteiger partial charge in [0.1, 0.15) is 0 Å². The van der Waals surface area contributed by atoms with Crippen LogP contribution in [0.25, 0.3) is 0 Å². The Labute approximate surface area is 75.5 Å². The topological polar surface area (TPSA) is 55.1 Å². The van der Waals surface area contributed by atoms with Crippen LogP contribution in [0.3, 0.4) is 0 Å². The van der Waals surface area contributed by atoms with Crippen LogP contribution in [0, 0.1) is 0 Å². The molecule has 0 aliphatic rings. The highest BCUT2D eigenvalue weighted by molar-refractivity contribution is 6.33. The lowest BCUT2D eigenvalue weighted by Gasteiger charge is -2.01. The summed E-state index contributed by atoms with van der Waals surface area (Å²) < 4.78 is 0. The van der Waals surface area contributed by atoms with Crippen LogP contribution in [-0.4, -0.2) is 13.0 Å². The molecule has 12 heavy (non-hydrogen) atoms. The summed E-state index contributed by atoms with van der Waals surface area (Å²) in [4.78, 5) is 11.1. The highest BCUT2D eigenvalue weighted by Crippen LogP contribution is 2.19. The lowest BCUT2D eigenvalue weighted by Crippen LogP contribution is -2.17. The summed E-state index contributed by atoms with van der Waals surface area (Å²) in [5.41, 5.74) is 6.45. The first-order valence-corrected chi connectivity index (χ1v) is 3.80. The van der Waals surface area contributed by atoms with E-state index < -0.39 is 0 Å². The normalized spacial score (nSPS) is 9.50. The van der Waals surface area contributed by atoms with Gasteiger partial charge in [-0.1, -0.05) is 11.6 Å². The lowest BCUT2D eigenvalue weighted by atomic mass is 10.2. The van der Waals surface area contributed by atoms with Crippen molar-refractivity contribution in [2.45, 2.75) is 0 Å². The van der Waals surface area contributed by atoms with Crippen LogP contribution in [0.2, 0.25) is 5.02 Å². The second-order valence-corrected chi connectivity index (χ2v) is 2.72. The van der Waals surface area contributed by atoms with Gasteiger partial charge in [0.15, 0.2) is 0 Å². The predicted molar refractivity (Wildman–Crippen MR) is 49.3 cm³/mol. The highest BCUT2D eigenvalue weighted by atomic mass is 35.5. The summed E-state index contributed by atoms with van der Waals surface area (Å²) in [5.74, 6) is -0.170. The molecule has 1 amide bonds. The Balaban J connectivity index is 3.05. The van der Waals surface area contributed by atoms with Crippen molar-refractivity contribution in [3.8, 4) is 0 Å². The fourth-order valence-corrected chi connectivity index (χ4v) is 0.993. The van der Waals surface area contributed by atoms with Gasteiger partial charge in [-0.3, -0.25) is 4.79 Å². The molecule has 1 aromatic carbocycles. The minimum atomic E-state index is -0.170. The molecular weight excluding hydrogens is 176 g/mol. The first kappa shape index (κ1) is 8.87. The van der Waals surface area contributed by atoms with Gasteiger partial charge in [-0.2, -0.15) is 0 Å². The minimum absolute atomic E-state index is 0.170. The van der Waals surface area contributed by atoms with Gasteiger partial charge in [0.25, 0.3) is 5.91 Å². The van der Waals surface area contributed by atoms with Gasteiger partial charge in [-0.15, -0.1) is 0 Å². The Morgan fingerprint density at radius 3 is 2.75 bits per heavy atom. The number of benzene rings is 1. The van der Waals surface area contributed by atoms with Gasteiger partial charge in [0, 0.05) is 12.6 Å². The van der Waals surface area contributed by atoms with Crippen molar-refractivity contribution in [2.75, 3.05) is 12.8 Å². The van der Waals surface area contributed by atoms with Crippen molar-refractivity contribution in [3.63, 3.8) is 0 Å². The first-order valence-electron chi connectivity index (χ1n) is 3.42. The van der Waals surface area contributed by atoms with Crippen LogP contribution in [0.15, 0.2) is 18.2 Å². The number of carbonyl (C=O) groups excluding carboxylic acids is 1. The molecule has 3 N–H and O–H groups in total. The van der Waals surface area contributed by atoms with E-state index in [1.54, 1.807) is 19.2 Å². The molecule has 4 heteroatoms. The second-order valence-electron chi connectivity index (χ2n) is 2.32. The minimum Gasteiger partial charge on any atom is -0.398 e. The maximum absolute atomic E-state index is 11.1. The molecule has 0 aliphatic carbocycles. The fourth-order valence-electron chi connectivity index (χ4n) is 0.813. The fraction of sp³-hybridized carbons (Fsp3) is 0.125. The van der Waals surface area contributed by atoms with Crippen LogP contribution in [0.4, 0.5) is 5.69 Å².